The quantitative estimate of drug-likeness (QED) is 0.170. The Morgan fingerprint density at radius 1 is 0.314 bits per heavy atom. The summed E-state index contributed by atoms with van der Waals surface area (Å²) in [5.41, 5.74) is 13.3. The van der Waals surface area contributed by atoms with Gasteiger partial charge in [0.15, 0.2) is 0 Å². The first-order valence-corrected chi connectivity index (χ1v) is 17.5. The number of nitrogens with zero attached hydrogens (tertiary/aromatic N) is 2. The van der Waals surface area contributed by atoms with Gasteiger partial charge in [-0.05, 0) is 96.4 Å². The predicted molar refractivity (Wildman–Crippen MR) is 215 cm³/mol. The number of rotatable bonds is 5. The van der Waals surface area contributed by atoms with Gasteiger partial charge < -0.3 is 4.57 Å². The normalized spacial score (nSPS) is 11.5. The lowest BCUT2D eigenvalue weighted by Gasteiger charge is -2.18. The van der Waals surface area contributed by atoms with Crippen molar-refractivity contribution in [3.05, 3.63) is 194 Å². The first-order valence-electron chi connectivity index (χ1n) is 17.5. The smallest absolute Gasteiger partial charge is 0.0571 e. The van der Waals surface area contributed by atoms with Crippen LogP contribution in [0.2, 0.25) is 0 Å². The molecule has 0 aliphatic rings. The summed E-state index contributed by atoms with van der Waals surface area (Å²) in [6.45, 7) is 0. The summed E-state index contributed by atoms with van der Waals surface area (Å²) >= 11 is 0. The van der Waals surface area contributed by atoms with Gasteiger partial charge in [-0.15, -0.1) is 0 Å². The molecule has 0 saturated heterocycles. The van der Waals surface area contributed by atoms with Gasteiger partial charge >= 0.3 is 0 Å². The average molecular weight is 649 g/mol. The number of para-hydroxylation sites is 1. The molecule has 0 radical (unpaired) electrons. The fourth-order valence-electron chi connectivity index (χ4n) is 7.94. The minimum absolute atomic E-state index is 1.14. The molecule has 0 spiro atoms. The van der Waals surface area contributed by atoms with E-state index < -0.39 is 0 Å². The van der Waals surface area contributed by atoms with Crippen molar-refractivity contribution in [2.24, 2.45) is 0 Å². The minimum atomic E-state index is 1.14. The SMILES string of the molecule is c1ccc(-c2c3ccccc3c(-c3ccccc3)c3cc(-c4ccc(-c5ccc(-n6c7ccccc7c7cnccc76)cc5)cc4)ccc23)cc1. The second-order valence-electron chi connectivity index (χ2n) is 13.2. The van der Waals surface area contributed by atoms with Gasteiger partial charge in [0, 0.05) is 28.9 Å². The molecule has 8 aromatic carbocycles. The molecule has 10 aromatic rings. The van der Waals surface area contributed by atoms with Gasteiger partial charge in [-0.3, -0.25) is 4.98 Å². The topological polar surface area (TPSA) is 17.8 Å². The summed E-state index contributed by atoms with van der Waals surface area (Å²) in [5, 5.41) is 7.45. The molecule has 0 saturated carbocycles. The highest BCUT2D eigenvalue weighted by Crippen LogP contribution is 2.45. The first-order chi connectivity index (χ1) is 25.3. The summed E-state index contributed by atoms with van der Waals surface area (Å²) in [6, 6.07) is 66.0. The second kappa shape index (κ2) is 12.0. The van der Waals surface area contributed by atoms with E-state index in [1.165, 1.54) is 82.3 Å². The summed E-state index contributed by atoms with van der Waals surface area (Å²) < 4.78 is 2.33. The van der Waals surface area contributed by atoms with Crippen molar-refractivity contribution in [3.8, 4) is 50.2 Å². The number of hydrogen-bond acceptors (Lipinski definition) is 1. The summed E-state index contributed by atoms with van der Waals surface area (Å²) in [7, 11) is 0. The first kappa shape index (κ1) is 29.2. The Kier molecular flexibility index (Phi) is 6.85. The second-order valence-corrected chi connectivity index (χ2v) is 13.2. The molecule has 0 unspecified atom stereocenters. The van der Waals surface area contributed by atoms with Crippen molar-refractivity contribution in [1.82, 2.24) is 9.55 Å². The zero-order valence-electron chi connectivity index (χ0n) is 27.9. The van der Waals surface area contributed by atoms with E-state index >= 15 is 0 Å². The zero-order chi connectivity index (χ0) is 33.7. The van der Waals surface area contributed by atoms with E-state index in [0.717, 1.165) is 11.2 Å². The maximum atomic E-state index is 4.40. The van der Waals surface area contributed by atoms with Gasteiger partial charge in [0.25, 0.3) is 0 Å². The number of pyridine rings is 1. The van der Waals surface area contributed by atoms with Gasteiger partial charge in [-0.1, -0.05) is 152 Å². The number of fused-ring (bicyclic) bond motifs is 5. The van der Waals surface area contributed by atoms with Crippen molar-refractivity contribution in [2.75, 3.05) is 0 Å². The van der Waals surface area contributed by atoms with Crippen LogP contribution in [0.3, 0.4) is 0 Å². The van der Waals surface area contributed by atoms with Crippen LogP contribution in [0.1, 0.15) is 0 Å². The predicted octanol–water partition coefficient (Wildman–Crippen LogP) is 13.2. The monoisotopic (exact) mass is 648 g/mol. The van der Waals surface area contributed by atoms with E-state index in [0.29, 0.717) is 0 Å². The fraction of sp³-hybridized carbons (Fsp3) is 0. The van der Waals surface area contributed by atoms with Gasteiger partial charge in [-0.2, -0.15) is 0 Å². The van der Waals surface area contributed by atoms with Crippen molar-refractivity contribution in [1.29, 1.82) is 0 Å². The number of aromatic nitrogens is 2. The third kappa shape index (κ3) is 4.84. The van der Waals surface area contributed by atoms with E-state index in [9.17, 15) is 0 Å². The Balaban J connectivity index is 1.06. The molecular formula is C49H32N2. The molecule has 0 amide bonds. The molecule has 2 heterocycles. The lowest BCUT2D eigenvalue weighted by Crippen LogP contribution is -1.93. The Bertz CT molecular complexity index is 2810. The van der Waals surface area contributed by atoms with Crippen molar-refractivity contribution in [3.63, 3.8) is 0 Å². The average Bonchev–Trinajstić information content (AvgIpc) is 3.55. The summed E-state index contributed by atoms with van der Waals surface area (Å²) in [5.74, 6) is 0. The molecule has 0 aliphatic heterocycles. The van der Waals surface area contributed by atoms with Crippen molar-refractivity contribution >= 4 is 43.4 Å². The van der Waals surface area contributed by atoms with E-state index in [2.05, 4.69) is 192 Å². The molecule has 0 atom stereocenters. The maximum Gasteiger partial charge on any atom is 0.0571 e. The van der Waals surface area contributed by atoms with E-state index in [1.54, 1.807) is 0 Å². The Hall–Kier alpha value is -6.77. The number of hydrogen-bond donors (Lipinski definition) is 0. The Morgan fingerprint density at radius 2 is 0.784 bits per heavy atom. The van der Waals surface area contributed by atoms with E-state index in [-0.39, 0.29) is 0 Å². The van der Waals surface area contributed by atoms with Crippen LogP contribution in [0.4, 0.5) is 0 Å². The zero-order valence-corrected chi connectivity index (χ0v) is 27.9. The third-order valence-corrected chi connectivity index (χ3v) is 10.3. The summed E-state index contributed by atoms with van der Waals surface area (Å²) in [6.07, 6.45) is 3.84. The Morgan fingerprint density at radius 3 is 1.43 bits per heavy atom. The van der Waals surface area contributed by atoms with E-state index in [1.807, 2.05) is 12.4 Å². The highest BCUT2D eigenvalue weighted by Gasteiger charge is 2.17. The Labute approximate surface area is 296 Å². The van der Waals surface area contributed by atoms with Crippen LogP contribution in [-0.2, 0) is 0 Å². The number of benzene rings is 8. The minimum Gasteiger partial charge on any atom is -0.309 e. The lowest BCUT2D eigenvalue weighted by molar-refractivity contribution is 1.17. The van der Waals surface area contributed by atoms with Crippen LogP contribution in [0, 0.1) is 0 Å². The largest absolute Gasteiger partial charge is 0.309 e. The van der Waals surface area contributed by atoms with Gasteiger partial charge in [0.1, 0.15) is 0 Å². The van der Waals surface area contributed by atoms with Gasteiger partial charge in [0.2, 0.25) is 0 Å². The van der Waals surface area contributed by atoms with E-state index in [4.69, 9.17) is 0 Å². The molecule has 2 heteroatoms. The van der Waals surface area contributed by atoms with Crippen LogP contribution in [0.25, 0.3) is 93.5 Å². The van der Waals surface area contributed by atoms with Crippen LogP contribution in [0.15, 0.2) is 194 Å². The van der Waals surface area contributed by atoms with Crippen LogP contribution in [0.5, 0.6) is 0 Å². The maximum absolute atomic E-state index is 4.40. The lowest BCUT2D eigenvalue weighted by atomic mass is 9.85. The van der Waals surface area contributed by atoms with Crippen LogP contribution >= 0.6 is 0 Å². The highest BCUT2D eigenvalue weighted by atomic mass is 15.0. The molecule has 2 aromatic heterocycles. The van der Waals surface area contributed by atoms with Gasteiger partial charge in [-0.25, -0.2) is 0 Å². The molecule has 51 heavy (non-hydrogen) atoms. The third-order valence-electron chi connectivity index (χ3n) is 10.3. The standard InChI is InChI=1S/C49H32N2/c1-3-11-36(12-4-1)48-41-16-7-8-17-42(41)49(37-13-5-2-6-14-37)44-31-38(25-28-43(44)48)35-21-19-33(20-22-35)34-23-26-39(27-24-34)51-46-18-10-9-15-40(46)45-32-50-30-29-47(45)51/h1-32H. The summed E-state index contributed by atoms with van der Waals surface area (Å²) in [4.78, 5) is 4.40. The molecule has 10 rings (SSSR count). The van der Waals surface area contributed by atoms with Crippen LogP contribution < -0.4 is 0 Å². The molecule has 2 nitrogen and oxygen atoms in total. The molecule has 0 aliphatic carbocycles. The highest BCUT2D eigenvalue weighted by molar-refractivity contribution is 6.22. The van der Waals surface area contributed by atoms with Crippen molar-refractivity contribution < 1.29 is 0 Å². The molecule has 238 valence electrons. The van der Waals surface area contributed by atoms with Gasteiger partial charge in [0.05, 0.1) is 11.0 Å². The molecule has 0 N–H and O–H groups in total. The molecule has 0 bridgehead atoms. The van der Waals surface area contributed by atoms with Crippen LogP contribution in [-0.4, -0.2) is 9.55 Å². The fourth-order valence-corrected chi connectivity index (χ4v) is 7.94. The molecule has 0 fully saturated rings. The van der Waals surface area contributed by atoms with Crippen molar-refractivity contribution in [2.45, 2.75) is 0 Å². The molecular weight excluding hydrogens is 617 g/mol.